The zero-order valence-corrected chi connectivity index (χ0v) is 21.4. The van der Waals surface area contributed by atoms with Crippen molar-refractivity contribution in [3.8, 4) is 11.1 Å². The first-order valence-corrected chi connectivity index (χ1v) is 12.5. The van der Waals surface area contributed by atoms with Gasteiger partial charge >= 0.3 is 5.97 Å². The molecule has 0 unspecified atom stereocenters. The van der Waals surface area contributed by atoms with Crippen LogP contribution in [-0.4, -0.2) is 68.5 Å². The Bertz CT molecular complexity index is 1450. The van der Waals surface area contributed by atoms with E-state index >= 15 is 0 Å². The molecule has 1 aliphatic heterocycles. The molecule has 0 atom stereocenters. The Labute approximate surface area is 216 Å². The summed E-state index contributed by atoms with van der Waals surface area (Å²) in [6, 6.07) is 13.8. The second-order valence-electron chi connectivity index (χ2n) is 9.93. The number of piperidine rings is 1. The van der Waals surface area contributed by atoms with Crippen LogP contribution in [0.3, 0.4) is 0 Å². The molecule has 37 heavy (non-hydrogen) atoms. The Morgan fingerprint density at radius 2 is 1.76 bits per heavy atom. The smallest absolute Gasteiger partial charge is 0.337 e. The van der Waals surface area contributed by atoms with Gasteiger partial charge in [-0.3, -0.25) is 14.7 Å². The van der Waals surface area contributed by atoms with Crippen molar-refractivity contribution >= 4 is 22.9 Å². The molecule has 0 saturated carbocycles. The largest absolute Gasteiger partial charge is 0.478 e. The Kier molecular flexibility index (Phi) is 6.76. The van der Waals surface area contributed by atoms with E-state index in [-0.39, 0.29) is 11.5 Å². The fourth-order valence-electron chi connectivity index (χ4n) is 5.19. The summed E-state index contributed by atoms with van der Waals surface area (Å²) >= 11 is 0. The molecule has 0 aliphatic carbocycles. The van der Waals surface area contributed by atoms with Gasteiger partial charge in [-0.25, -0.2) is 9.78 Å². The molecule has 1 fully saturated rings. The molecule has 0 radical (unpaired) electrons. The molecule has 0 spiro atoms. The lowest BCUT2D eigenvalue weighted by atomic mass is 9.89. The number of nitrogens with zero attached hydrogens (tertiary/aromatic N) is 5. The molecule has 1 N–H and O–H groups in total. The fourth-order valence-corrected chi connectivity index (χ4v) is 5.19. The summed E-state index contributed by atoms with van der Waals surface area (Å²) < 4.78 is 2.12. The van der Waals surface area contributed by atoms with Gasteiger partial charge in [0.15, 0.2) is 0 Å². The van der Waals surface area contributed by atoms with Gasteiger partial charge in [0.05, 0.1) is 5.56 Å². The van der Waals surface area contributed by atoms with E-state index in [4.69, 9.17) is 0 Å². The monoisotopic (exact) mass is 497 g/mol. The molecule has 4 heterocycles. The minimum atomic E-state index is -0.991. The molecule has 1 amide bonds. The second kappa shape index (κ2) is 10.1. The zero-order valence-electron chi connectivity index (χ0n) is 21.4. The summed E-state index contributed by atoms with van der Waals surface area (Å²) in [6.07, 6.45) is 6.96. The number of carboxylic acid groups (broad SMARTS) is 1. The highest BCUT2D eigenvalue weighted by molar-refractivity contribution is 5.96. The molecule has 1 aliphatic rings. The molecule has 8 nitrogen and oxygen atoms in total. The minimum absolute atomic E-state index is 0.0276. The third kappa shape index (κ3) is 4.97. The third-order valence-corrected chi connectivity index (χ3v) is 7.33. The van der Waals surface area contributed by atoms with Gasteiger partial charge in [-0.2, -0.15) is 0 Å². The van der Waals surface area contributed by atoms with Crippen molar-refractivity contribution in [3.05, 3.63) is 83.4 Å². The molecular formula is C29H31N5O3. The van der Waals surface area contributed by atoms with Gasteiger partial charge < -0.3 is 14.6 Å². The van der Waals surface area contributed by atoms with Crippen LogP contribution in [0.1, 0.15) is 50.7 Å². The normalized spacial score (nSPS) is 14.7. The van der Waals surface area contributed by atoms with E-state index in [0.29, 0.717) is 5.92 Å². The van der Waals surface area contributed by atoms with Gasteiger partial charge in [-0.15, -0.1) is 0 Å². The van der Waals surface area contributed by atoms with E-state index in [0.717, 1.165) is 60.2 Å². The number of fused-ring (bicyclic) bond motifs is 1. The molecule has 4 aromatic rings. The predicted octanol–water partition coefficient (Wildman–Crippen LogP) is 4.41. The van der Waals surface area contributed by atoms with E-state index in [1.54, 1.807) is 37.5 Å². The summed E-state index contributed by atoms with van der Waals surface area (Å²) in [5.74, 6) is -0.468. The Morgan fingerprint density at radius 1 is 1.03 bits per heavy atom. The van der Waals surface area contributed by atoms with Crippen molar-refractivity contribution in [3.63, 3.8) is 0 Å². The number of aromatic nitrogens is 3. The zero-order chi connectivity index (χ0) is 26.1. The van der Waals surface area contributed by atoms with Gasteiger partial charge in [0, 0.05) is 68.5 Å². The molecule has 1 aromatic carbocycles. The maximum absolute atomic E-state index is 12.2. The Hall–Kier alpha value is -4.04. The van der Waals surface area contributed by atoms with E-state index in [2.05, 4.69) is 37.6 Å². The quantitative estimate of drug-likeness (QED) is 0.424. The summed E-state index contributed by atoms with van der Waals surface area (Å²) in [5, 5.41) is 10.4. The number of aromatic carboxylic acids is 1. The van der Waals surface area contributed by atoms with Crippen LogP contribution in [0.15, 0.2) is 61.1 Å². The molecule has 1 saturated heterocycles. The fraction of sp³-hybridized carbons (Fsp3) is 0.310. The number of hydrogen-bond donors (Lipinski definition) is 1. The van der Waals surface area contributed by atoms with Crippen molar-refractivity contribution in [2.75, 3.05) is 27.2 Å². The van der Waals surface area contributed by atoms with Crippen LogP contribution in [0.2, 0.25) is 0 Å². The molecule has 190 valence electrons. The van der Waals surface area contributed by atoms with Gasteiger partial charge in [0.25, 0.3) is 5.91 Å². The second-order valence-corrected chi connectivity index (χ2v) is 9.93. The number of carbonyl (C=O) groups excluding carboxylic acids is 1. The number of rotatable bonds is 6. The number of carbonyl (C=O) groups is 2. The number of carboxylic acids is 1. The number of hydrogen-bond acceptors (Lipinski definition) is 5. The maximum Gasteiger partial charge on any atom is 0.337 e. The van der Waals surface area contributed by atoms with E-state index in [1.165, 1.54) is 17.5 Å². The van der Waals surface area contributed by atoms with Crippen LogP contribution < -0.4 is 0 Å². The Balaban J connectivity index is 1.30. The van der Waals surface area contributed by atoms with E-state index in [9.17, 15) is 14.7 Å². The molecule has 3 aromatic heterocycles. The summed E-state index contributed by atoms with van der Waals surface area (Å²) in [4.78, 5) is 36.4. The lowest BCUT2D eigenvalue weighted by molar-refractivity contribution is 0.0696. The molecular weight excluding hydrogens is 466 g/mol. The first-order valence-electron chi connectivity index (χ1n) is 12.5. The van der Waals surface area contributed by atoms with Crippen LogP contribution in [0.25, 0.3) is 22.2 Å². The number of aryl methyl sites for hydroxylation is 1. The van der Waals surface area contributed by atoms with E-state index in [1.807, 2.05) is 25.2 Å². The van der Waals surface area contributed by atoms with Gasteiger partial charge in [-0.05, 0) is 73.3 Å². The molecule has 8 heteroatoms. The number of benzene rings is 1. The highest BCUT2D eigenvalue weighted by Gasteiger charge is 2.23. The van der Waals surface area contributed by atoms with Gasteiger partial charge in [0.2, 0.25) is 0 Å². The molecule has 5 rings (SSSR count). The lowest BCUT2D eigenvalue weighted by Gasteiger charge is -2.32. The summed E-state index contributed by atoms with van der Waals surface area (Å²) in [7, 11) is 5.57. The SMILES string of the molecule is CN(C)C(=O)c1ccc(C2CCN(Cc3cc4c(-c5cncc(C(=O)O)c5)ccnc4n3C)CC2)cc1. The van der Waals surface area contributed by atoms with Gasteiger partial charge in [0.1, 0.15) is 5.65 Å². The minimum Gasteiger partial charge on any atom is -0.478 e. The van der Waals surface area contributed by atoms with Crippen LogP contribution in [0.4, 0.5) is 0 Å². The van der Waals surface area contributed by atoms with Crippen LogP contribution >= 0.6 is 0 Å². The maximum atomic E-state index is 12.2. The lowest BCUT2D eigenvalue weighted by Crippen LogP contribution is -2.33. The van der Waals surface area contributed by atoms with Gasteiger partial charge in [-0.1, -0.05) is 12.1 Å². The third-order valence-electron chi connectivity index (χ3n) is 7.33. The summed E-state index contributed by atoms with van der Waals surface area (Å²) in [5.41, 5.74) is 5.92. The van der Waals surface area contributed by atoms with Crippen molar-refractivity contribution in [2.45, 2.75) is 25.3 Å². The first kappa shape index (κ1) is 24.6. The van der Waals surface area contributed by atoms with Crippen LogP contribution in [-0.2, 0) is 13.6 Å². The van der Waals surface area contributed by atoms with Crippen LogP contribution in [0.5, 0.6) is 0 Å². The van der Waals surface area contributed by atoms with Crippen molar-refractivity contribution in [2.24, 2.45) is 7.05 Å². The topological polar surface area (TPSA) is 91.6 Å². The van der Waals surface area contributed by atoms with Crippen molar-refractivity contribution < 1.29 is 14.7 Å². The predicted molar refractivity (Wildman–Crippen MR) is 143 cm³/mol. The average molecular weight is 498 g/mol. The highest BCUT2D eigenvalue weighted by Crippen LogP contribution is 2.32. The number of amides is 1. The number of likely N-dealkylation sites (tertiary alicyclic amines) is 1. The summed E-state index contributed by atoms with van der Waals surface area (Å²) in [6.45, 7) is 2.81. The number of pyridine rings is 2. The van der Waals surface area contributed by atoms with Crippen LogP contribution in [0, 0.1) is 0 Å². The highest BCUT2D eigenvalue weighted by atomic mass is 16.4. The molecule has 0 bridgehead atoms. The Morgan fingerprint density at radius 3 is 2.43 bits per heavy atom. The van der Waals surface area contributed by atoms with Crippen molar-refractivity contribution in [1.82, 2.24) is 24.3 Å². The first-order chi connectivity index (χ1) is 17.8. The van der Waals surface area contributed by atoms with E-state index < -0.39 is 5.97 Å². The average Bonchev–Trinajstić information content (AvgIpc) is 3.23. The van der Waals surface area contributed by atoms with Crippen molar-refractivity contribution in [1.29, 1.82) is 0 Å². The standard InChI is InChI=1S/C29H31N5O3/c1-32(2)28(35)21-6-4-19(5-7-21)20-9-12-34(13-10-20)18-24-15-26-25(8-11-31-27(26)33(24)3)22-14-23(29(36)37)17-30-16-22/h4-8,11,14-17,20H,9-10,12-13,18H2,1-3H3,(H,36,37).